The average Bonchev–Trinajstić information content (AvgIpc) is 2.26. The second-order valence-corrected chi connectivity index (χ2v) is 3.08. The summed E-state index contributed by atoms with van der Waals surface area (Å²) in [5.74, 6) is -0.971. The first-order valence-electron chi connectivity index (χ1n) is 4.70. The first-order valence-corrected chi connectivity index (χ1v) is 4.70. The first-order chi connectivity index (χ1) is 7.13. The van der Waals surface area contributed by atoms with Crippen molar-refractivity contribution in [2.45, 2.75) is 20.3 Å². The molecule has 1 aromatic carbocycles. The molecule has 0 aliphatic carbocycles. The molecule has 15 heavy (non-hydrogen) atoms. The molecule has 80 valence electrons. The van der Waals surface area contributed by atoms with Gasteiger partial charge in [-0.25, -0.2) is 0 Å². The standard InChI is InChI=1S/C11H13NO3/c1-3-9-4-6-10(7-5-9)11(14)12-15-8(2)13/h4-7H,3H2,1-2H3,(H,12,14). The number of hydroxylamine groups is 1. The van der Waals surface area contributed by atoms with Crippen LogP contribution >= 0.6 is 0 Å². The van der Waals surface area contributed by atoms with Crippen LogP contribution in [-0.2, 0) is 16.1 Å². The summed E-state index contributed by atoms with van der Waals surface area (Å²) in [6.07, 6.45) is 0.922. The van der Waals surface area contributed by atoms with Crippen LogP contribution in [-0.4, -0.2) is 11.9 Å². The summed E-state index contributed by atoms with van der Waals surface area (Å²) in [4.78, 5) is 26.2. The van der Waals surface area contributed by atoms with Crippen LogP contribution in [0.15, 0.2) is 24.3 Å². The van der Waals surface area contributed by atoms with E-state index in [9.17, 15) is 9.59 Å². The quantitative estimate of drug-likeness (QED) is 0.747. The van der Waals surface area contributed by atoms with Gasteiger partial charge in [-0.3, -0.25) is 9.59 Å². The molecule has 0 fully saturated rings. The Balaban J connectivity index is 2.62. The van der Waals surface area contributed by atoms with Gasteiger partial charge in [0.15, 0.2) is 0 Å². The summed E-state index contributed by atoms with van der Waals surface area (Å²) >= 11 is 0. The minimum absolute atomic E-state index is 0.423. The van der Waals surface area contributed by atoms with Crippen molar-refractivity contribution < 1.29 is 14.4 Å². The smallest absolute Gasteiger partial charge is 0.329 e. The predicted octanol–water partition coefficient (Wildman–Crippen LogP) is 1.46. The molecule has 0 radical (unpaired) electrons. The third kappa shape index (κ3) is 3.42. The highest BCUT2D eigenvalue weighted by Crippen LogP contribution is 2.04. The number of benzene rings is 1. The number of carbonyl (C=O) groups excluding carboxylic acids is 2. The van der Waals surface area contributed by atoms with E-state index in [1.807, 2.05) is 24.5 Å². The highest BCUT2D eigenvalue weighted by atomic mass is 16.7. The SMILES string of the molecule is CCc1ccc(C(=O)NOC(C)=O)cc1. The maximum absolute atomic E-state index is 11.4. The van der Waals surface area contributed by atoms with Crippen LogP contribution in [0.2, 0.25) is 0 Å². The number of hydrogen-bond acceptors (Lipinski definition) is 3. The lowest BCUT2D eigenvalue weighted by molar-refractivity contribution is -0.146. The van der Waals surface area contributed by atoms with E-state index >= 15 is 0 Å². The van der Waals surface area contributed by atoms with Crippen LogP contribution in [0.3, 0.4) is 0 Å². The van der Waals surface area contributed by atoms with E-state index in [1.54, 1.807) is 12.1 Å². The fraction of sp³-hybridized carbons (Fsp3) is 0.273. The minimum atomic E-state index is -0.548. The molecule has 1 rings (SSSR count). The second-order valence-electron chi connectivity index (χ2n) is 3.08. The Morgan fingerprint density at radius 1 is 1.27 bits per heavy atom. The Morgan fingerprint density at radius 3 is 2.33 bits per heavy atom. The van der Waals surface area contributed by atoms with Gasteiger partial charge in [0, 0.05) is 12.5 Å². The normalized spacial score (nSPS) is 9.47. The fourth-order valence-electron chi connectivity index (χ4n) is 1.07. The number of aryl methyl sites for hydroxylation is 1. The Kier molecular flexibility index (Phi) is 3.85. The van der Waals surface area contributed by atoms with Gasteiger partial charge in [-0.15, -0.1) is 0 Å². The molecule has 4 nitrogen and oxygen atoms in total. The van der Waals surface area contributed by atoms with Crippen LogP contribution in [0.4, 0.5) is 0 Å². The van der Waals surface area contributed by atoms with Gasteiger partial charge in [0.05, 0.1) is 0 Å². The van der Waals surface area contributed by atoms with Gasteiger partial charge in [0.25, 0.3) is 5.91 Å². The van der Waals surface area contributed by atoms with Crippen molar-refractivity contribution in [3.63, 3.8) is 0 Å². The van der Waals surface area contributed by atoms with E-state index < -0.39 is 11.9 Å². The van der Waals surface area contributed by atoms with Crippen LogP contribution < -0.4 is 5.48 Å². The lowest BCUT2D eigenvalue weighted by Crippen LogP contribution is -2.25. The molecule has 4 heteroatoms. The predicted molar refractivity (Wildman–Crippen MR) is 55.1 cm³/mol. The fourth-order valence-corrected chi connectivity index (χ4v) is 1.07. The van der Waals surface area contributed by atoms with E-state index in [0.29, 0.717) is 5.56 Å². The zero-order valence-electron chi connectivity index (χ0n) is 8.74. The largest absolute Gasteiger partial charge is 0.341 e. The zero-order valence-corrected chi connectivity index (χ0v) is 8.74. The van der Waals surface area contributed by atoms with Gasteiger partial charge in [0.2, 0.25) is 0 Å². The van der Waals surface area contributed by atoms with Crippen molar-refractivity contribution in [2.75, 3.05) is 0 Å². The van der Waals surface area contributed by atoms with Gasteiger partial charge in [0.1, 0.15) is 0 Å². The van der Waals surface area contributed by atoms with Gasteiger partial charge < -0.3 is 4.84 Å². The van der Waals surface area contributed by atoms with E-state index in [-0.39, 0.29) is 0 Å². The second kappa shape index (κ2) is 5.14. The Bertz CT molecular complexity index is 357. The Morgan fingerprint density at radius 2 is 1.87 bits per heavy atom. The molecule has 0 saturated carbocycles. The summed E-state index contributed by atoms with van der Waals surface area (Å²) in [5.41, 5.74) is 3.67. The Labute approximate surface area is 88.2 Å². The van der Waals surface area contributed by atoms with E-state index in [0.717, 1.165) is 12.0 Å². The monoisotopic (exact) mass is 207 g/mol. The molecule has 0 aliphatic heterocycles. The summed E-state index contributed by atoms with van der Waals surface area (Å²) < 4.78 is 0. The van der Waals surface area contributed by atoms with Gasteiger partial charge in [-0.2, -0.15) is 5.48 Å². The van der Waals surface area contributed by atoms with Crippen LogP contribution in [0, 0.1) is 0 Å². The number of carbonyl (C=O) groups is 2. The molecule has 1 N–H and O–H groups in total. The molecule has 0 aromatic heterocycles. The molecular weight excluding hydrogens is 194 g/mol. The number of nitrogens with one attached hydrogen (secondary N) is 1. The van der Waals surface area contributed by atoms with Crippen molar-refractivity contribution in [3.05, 3.63) is 35.4 Å². The lowest BCUT2D eigenvalue weighted by Gasteiger charge is -2.03. The maximum Gasteiger partial charge on any atom is 0.329 e. The third-order valence-electron chi connectivity index (χ3n) is 1.91. The lowest BCUT2D eigenvalue weighted by atomic mass is 10.1. The molecule has 0 unspecified atom stereocenters. The molecular formula is C11H13NO3. The van der Waals surface area contributed by atoms with E-state index in [4.69, 9.17) is 0 Å². The number of hydrogen-bond donors (Lipinski definition) is 1. The van der Waals surface area contributed by atoms with Crippen molar-refractivity contribution in [3.8, 4) is 0 Å². The highest BCUT2D eigenvalue weighted by molar-refractivity contribution is 5.94. The van der Waals surface area contributed by atoms with Crippen molar-refractivity contribution in [2.24, 2.45) is 0 Å². The molecule has 0 spiro atoms. The molecule has 0 saturated heterocycles. The summed E-state index contributed by atoms with van der Waals surface area (Å²) in [6.45, 7) is 3.26. The summed E-state index contributed by atoms with van der Waals surface area (Å²) in [6, 6.07) is 7.11. The average molecular weight is 207 g/mol. The topological polar surface area (TPSA) is 55.4 Å². The maximum atomic E-state index is 11.4. The highest BCUT2D eigenvalue weighted by Gasteiger charge is 2.05. The first kappa shape index (κ1) is 11.2. The van der Waals surface area contributed by atoms with Crippen molar-refractivity contribution in [1.29, 1.82) is 0 Å². The number of amides is 1. The molecule has 0 atom stereocenters. The summed E-state index contributed by atoms with van der Waals surface area (Å²) in [7, 11) is 0. The van der Waals surface area contributed by atoms with E-state index in [1.165, 1.54) is 6.92 Å². The van der Waals surface area contributed by atoms with E-state index in [2.05, 4.69) is 4.84 Å². The van der Waals surface area contributed by atoms with Crippen molar-refractivity contribution in [1.82, 2.24) is 5.48 Å². The molecule has 1 amide bonds. The summed E-state index contributed by atoms with van der Waals surface area (Å²) in [5, 5.41) is 0. The van der Waals surface area contributed by atoms with Crippen molar-refractivity contribution >= 4 is 11.9 Å². The molecule has 0 aliphatic rings. The van der Waals surface area contributed by atoms with Crippen LogP contribution in [0.5, 0.6) is 0 Å². The molecule has 0 heterocycles. The number of rotatable bonds is 2. The minimum Gasteiger partial charge on any atom is -0.341 e. The molecule has 1 aromatic rings. The Hall–Kier alpha value is -1.84. The molecule has 0 bridgehead atoms. The van der Waals surface area contributed by atoms with Gasteiger partial charge in [-0.05, 0) is 24.1 Å². The van der Waals surface area contributed by atoms with Gasteiger partial charge in [-0.1, -0.05) is 19.1 Å². The third-order valence-corrected chi connectivity index (χ3v) is 1.91. The van der Waals surface area contributed by atoms with Crippen LogP contribution in [0.25, 0.3) is 0 Å². The van der Waals surface area contributed by atoms with Crippen LogP contribution in [0.1, 0.15) is 29.8 Å². The van der Waals surface area contributed by atoms with Gasteiger partial charge >= 0.3 is 5.97 Å². The zero-order chi connectivity index (χ0) is 11.3.